The number of aryl methyl sites for hydroxylation is 1. The third-order valence-corrected chi connectivity index (χ3v) is 5.21. The molecule has 0 aromatic heterocycles. The molecule has 1 aliphatic rings. The molecule has 3 N–H and O–H groups in total. The summed E-state index contributed by atoms with van der Waals surface area (Å²) in [5, 5.41) is 2.77. The number of rotatable bonds is 3. The van der Waals surface area contributed by atoms with E-state index in [1.54, 1.807) is 12.1 Å². The first kappa shape index (κ1) is 18.2. The molecule has 3 rings (SSSR count). The van der Waals surface area contributed by atoms with Crippen molar-refractivity contribution in [3.63, 3.8) is 0 Å². The van der Waals surface area contributed by atoms with Gasteiger partial charge in [-0.3, -0.25) is 4.79 Å². The number of carbonyl (C=O) groups excluding carboxylic acids is 1. The van der Waals surface area contributed by atoms with Crippen molar-refractivity contribution in [2.45, 2.75) is 52.1 Å². The lowest BCUT2D eigenvalue weighted by molar-refractivity contribution is 0.102. The van der Waals surface area contributed by atoms with E-state index in [-0.39, 0.29) is 5.56 Å². The Hall–Kier alpha value is -2.56. The highest BCUT2D eigenvalue weighted by Crippen LogP contribution is 2.36. The van der Waals surface area contributed by atoms with Crippen LogP contribution in [-0.4, -0.2) is 18.0 Å². The Morgan fingerprint density at radius 2 is 1.85 bits per heavy atom. The van der Waals surface area contributed by atoms with E-state index in [9.17, 15) is 9.18 Å². The molecule has 0 spiro atoms. The van der Waals surface area contributed by atoms with Gasteiger partial charge in [0.2, 0.25) is 0 Å². The van der Waals surface area contributed by atoms with Gasteiger partial charge in [-0.25, -0.2) is 4.39 Å². The maximum atomic E-state index is 13.9. The number of halogens is 1. The molecule has 5 heteroatoms. The zero-order valence-electron chi connectivity index (χ0n) is 15.6. The topological polar surface area (TPSA) is 58.4 Å². The van der Waals surface area contributed by atoms with Crippen molar-refractivity contribution in [1.82, 2.24) is 0 Å². The van der Waals surface area contributed by atoms with Crippen LogP contribution in [0.5, 0.6) is 0 Å². The third-order valence-electron chi connectivity index (χ3n) is 5.21. The molecular formula is C21H26FN3O. The second-order valence-corrected chi connectivity index (χ2v) is 7.20. The Morgan fingerprint density at radius 3 is 2.50 bits per heavy atom. The number of nitrogen functional groups attached to an aromatic ring is 1. The van der Waals surface area contributed by atoms with E-state index in [0.717, 1.165) is 24.1 Å². The van der Waals surface area contributed by atoms with E-state index < -0.39 is 11.7 Å². The first-order chi connectivity index (χ1) is 12.4. The van der Waals surface area contributed by atoms with E-state index in [4.69, 9.17) is 5.73 Å². The van der Waals surface area contributed by atoms with Crippen LogP contribution in [0, 0.1) is 12.7 Å². The molecule has 1 aliphatic heterocycles. The lowest BCUT2D eigenvalue weighted by atomic mass is 9.95. The maximum absolute atomic E-state index is 13.9. The van der Waals surface area contributed by atoms with Crippen LogP contribution in [0.15, 0.2) is 36.4 Å². The van der Waals surface area contributed by atoms with Gasteiger partial charge in [-0.2, -0.15) is 0 Å². The summed E-state index contributed by atoms with van der Waals surface area (Å²) in [5.74, 6) is -1.04. The van der Waals surface area contributed by atoms with Crippen molar-refractivity contribution in [3.8, 4) is 0 Å². The fraction of sp³-hybridized carbons (Fsp3) is 0.381. The van der Waals surface area contributed by atoms with Crippen molar-refractivity contribution in [3.05, 3.63) is 53.3 Å². The molecule has 138 valence electrons. The summed E-state index contributed by atoms with van der Waals surface area (Å²) < 4.78 is 13.9. The van der Waals surface area contributed by atoms with Gasteiger partial charge >= 0.3 is 0 Å². The molecule has 1 fully saturated rings. The predicted octanol–water partition coefficient (Wildman–Crippen LogP) is 4.74. The van der Waals surface area contributed by atoms with Gasteiger partial charge < -0.3 is 16.0 Å². The molecular weight excluding hydrogens is 329 g/mol. The van der Waals surface area contributed by atoms with E-state index in [1.807, 2.05) is 19.1 Å². The predicted molar refractivity (Wildman–Crippen MR) is 105 cm³/mol. The second kappa shape index (κ2) is 7.36. The first-order valence-electron chi connectivity index (χ1n) is 9.13. The molecule has 1 amide bonds. The van der Waals surface area contributed by atoms with Crippen molar-refractivity contribution in [2.75, 3.05) is 16.0 Å². The number of hydrogen-bond acceptors (Lipinski definition) is 3. The van der Waals surface area contributed by atoms with Gasteiger partial charge in [0.1, 0.15) is 5.82 Å². The minimum Gasteiger partial charge on any atom is -0.397 e. The number of benzene rings is 2. The van der Waals surface area contributed by atoms with Crippen LogP contribution in [0.1, 0.15) is 49.0 Å². The van der Waals surface area contributed by atoms with Gasteiger partial charge in [-0.15, -0.1) is 0 Å². The SMILES string of the molecule is Cc1cc(N)c(NC(=O)c2ccccc2F)cc1N1[C@H](C)CCC[C@@H]1C. The van der Waals surface area contributed by atoms with E-state index in [1.165, 1.54) is 18.6 Å². The van der Waals surface area contributed by atoms with Gasteiger partial charge in [0, 0.05) is 17.8 Å². The maximum Gasteiger partial charge on any atom is 0.258 e. The van der Waals surface area contributed by atoms with E-state index in [2.05, 4.69) is 24.1 Å². The summed E-state index contributed by atoms with van der Waals surface area (Å²) in [5.41, 5.74) is 9.28. The quantitative estimate of drug-likeness (QED) is 0.782. The molecule has 0 aliphatic carbocycles. The average Bonchev–Trinajstić information content (AvgIpc) is 2.58. The van der Waals surface area contributed by atoms with Crippen LogP contribution in [0.3, 0.4) is 0 Å². The van der Waals surface area contributed by atoms with Crippen molar-refractivity contribution >= 4 is 23.0 Å². The molecule has 0 unspecified atom stereocenters. The molecule has 0 saturated carbocycles. The summed E-state index contributed by atoms with van der Waals surface area (Å²) in [6.45, 7) is 6.48. The summed E-state index contributed by atoms with van der Waals surface area (Å²) in [6.07, 6.45) is 3.51. The zero-order valence-corrected chi connectivity index (χ0v) is 15.6. The van der Waals surface area contributed by atoms with Crippen LogP contribution < -0.4 is 16.0 Å². The first-order valence-corrected chi connectivity index (χ1v) is 9.13. The molecule has 1 saturated heterocycles. The number of piperidine rings is 1. The molecule has 0 bridgehead atoms. The summed E-state index contributed by atoms with van der Waals surface area (Å²) >= 11 is 0. The Kier molecular flexibility index (Phi) is 5.16. The highest BCUT2D eigenvalue weighted by molar-refractivity contribution is 6.06. The lowest BCUT2D eigenvalue weighted by Crippen LogP contribution is -2.44. The highest BCUT2D eigenvalue weighted by atomic mass is 19.1. The van der Waals surface area contributed by atoms with Gasteiger partial charge in [-0.1, -0.05) is 12.1 Å². The molecule has 26 heavy (non-hydrogen) atoms. The normalized spacial score (nSPS) is 20.1. The standard InChI is InChI=1S/C21H26FN3O/c1-13-11-18(23)19(24-21(26)16-9-4-5-10-17(16)22)12-20(13)25-14(2)7-6-8-15(25)3/h4-5,9-12,14-15H,6-8,23H2,1-3H3,(H,24,26)/t14-,15+. The molecule has 2 aromatic carbocycles. The third kappa shape index (κ3) is 3.52. The van der Waals surface area contributed by atoms with E-state index in [0.29, 0.717) is 23.5 Å². The number of nitrogens with one attached hydrogen (secondary N) is 1. The zero-order chi connectivity index (χ0) is 18.8. The summed E-state index contributed by atoms with van der Waals surface area (Å²) in [6, 6.07) is 10.6. The van der Waals surface area contributed by atoms with Crippen molar-refractivity contribution in [2.24, 2.45) is 0 Å². The minimum atomic E-state index is -0.547. The summed E-state index contributed by atoms with van der Waals surface area (Å²) in [7, 11) is 0. The molecule has 1 heterocycles. The van der Waals surface area contributed by atoms with Crippen molar-refractivity contribution in [1.29, 1.82) is 0 Å². The minimum absolute atomic E-state index is 0.00809. The average molecular weight is 355 g/mol. The highest BCUT2D eigenvalue weighted by Gasteiger charge is 2.26. The number of nitrogens with two attached hydrogens (primary N) is 1. The number of hydrogen-bond donors (Lipinski definition) is 2. The molecule has 0 radical (unpaired) electrons. The Labute approximate surface area is 154 Å². The fourth-order valence-corrected chi connectivity index (χ4v) is 3.84. The number of anilines is 3. The largest absolute Gasteiger partial charge is 0.397 e. The van der Waals surface area contributed by atoms with Gasteiger partial charge in [0.15, 0.2) is 0 Å². The lowest BCUT2D eigenvalue weighted by Gasteiger charge is -2.42. The smallest absolute Gasteiger partial charge is 0.258 e. The van der Waals surface area contributed by atoms with Gasteiger partial charge in [0.25, 0.3) is 5.91 Å². The Balaban J connectivity index is 1.93. The number of nitrogens with zero attached hydrogens (tertiary/aromatic N) is 1. The van der Waals surface area contributed by atoms with Gasteiger partial charge in [0.05, 0.1) is 16.9 Å². The van der Waals surface area contributed by atoms with Crippen molar-refractivity contribution < 1.29 is 9.18 Å². The number of carbonyl (C=O) groups is 1. The van der Waals surface area contributed by atoms with E-state index >= 15 is 0 Å². The Morgan fingerprint density at radius 1 is 1.19 bits per heavy atom. The van der Waals surface area contributed by atoms with Crippen LogP contribution >= 0.6 is 0 Å². The van der Waals surface area contributed by atoms with Crippen LogP contribution in [0.25, 0.3) is 0 Å². The molecule has 2 atom stereocenters. The monoisotopic (exact) mass is 355 g/mol. The number of amides is 1. The molecule has 4 nitrogen and oxygen atoms in total. The molecule has 2 aromatic rings. The second-order valence-electron chi connectivity index (χ2n) is 7.20. The summed E-state index contributed by atoms with van der Waals surface area (Å²) in [4.78, 5) is 14.9. The fourth-order valence-electron chi connectivity index (χ4n) is 3.84. The Bertz CT molecular complexity index is 811. The van der Waals surface area contributed by atoms with Crippen LogP contribution in [0.2, 0.25) is 0 Å². The van der Waals surface area contributed by atoms with Crippen LogP contribution in [0.4, 0.5) is 21.5 Å². The van der Waals surface area contributed by atoms with Crippen LogP contribution in [-0.2, 0) is 0 Å². The van der Waals surface area contributed by atoms with Gasteiger partial charge in [-0.05, 0) is 69.9 Å².